The van der Waals surface area contributed by atoms with Crippen molar-refractivity contribution in [3.63, 3.8) is 0 Å². The zero-order chi connectivity index (χ0) is 47.5. The summed E-state index contributed by atoms with van der Waals surface area (Å²) in [7, 11) is 0. The van der Waals surface area contributed by atoms with Gasteiger partial charge in [-0.25, -0.2) is 0 Å². The van der Waals surface area contributed by atoms with E-state index in [4.69, 9.17) is 4.42 Å². The first-order chi connectivity index (χ1) is 33.0. The molecule has 4 nitrogen and oxygen atoms in total. The van der Waals surface area contributed by atoms with Crippen LogP contribution in [0.25, 0.3) is 58.8 Å². The molecule has 2 aliphatic rings. The van der Waals surface area contributed by atoms with E-state index in [1.807, 2.05) is 11.3 Å². The highest BCUT2D eigenvalue weighted by atomic mass is 32.1. The molecule has 69 heavy (non-hydrogen) atoms. The number of nitrogens with zero attached hydrogens (tertiary/aromatic N) is 3. The largest absolute Gasteiger partial charge is 0.454 e. The fraction of sp³-hybridized carbons (Fsp3) is 0.206. The van der Waals surface area contributed by atoms with Crippen molar-refractivity contribution in [1.82, 2.24) is 4.57 Å². The number of hydrogen-bond donors (Lipinski definition) is 0. The number of para-hydroxylation sites is 2. The standard InChI is InChI=1S/C63H56BN3OS/c1-37-32-52-57-53(33-37)67-58-47(56-46-17-12-14-21-55(46)69-60(56)67)34-40(63(8,9)10)35-49(58)64(57)48-31-30-43(36-51(48)66(52)50-19-15-18-45-44-16-11-13-20-54(44)68-59(45)50)65(41-26-22-38(23-27-41)61(2,3)4)42-28-24-39(25-29-42)62(5,6)7/h11-36H,1-10H3. The molecular weight excluding hydrogens is 858 g/mol. The monoisotopic (exact) mass is 913 g/mol. The Kier molecular flexibility index (Phi) is 8.86. The average Bonchev–Trinajstić information content (AvgIpc) is 3.99. The van der Waals surface area contributed by atoms with Gasteiger partial charge in [-0.15, -0.1) is 11.3 Å². The van der Waals surface area contributed by atoms with Crippen molar-refractivity contribution in [3.8, 4) is 5.69 Å². The van der Waals surface area contributed by atoms with Gasteiger partial charge in [0.2, 0.25) is 0 Å². The van der Waals surface area contributed by atoms with E-state index in [-0.39, 0.29) is 23.0 Å². The molecule has 338 valence electrons. The molecule has 0 bridgehead atoms. The molecule has 0 atom stereocenters. The fourth-order valence-corrected chi connectivity index (χ4v) is 12.7. The zero-order valence-corrected chi connectivity index (χ0v) is 42.1. The molecule has 0 radical (unpaired) electrons. The lowest BCUT2D eigenvalue weighted by atomic mass is 9.33. The molecule has 6 heteroatoms. The van der Waals surface area contributed by atoms with Crippen LogP contribution in [-0.4, -0.2) is 11.3 Å². The maximum atomic E-state index is 6.97. The van der Waals surface area contributed by atoms with Gasteiger partial charge in [-0.05, 0) is 135 Å². The molecule has 3 aromatic heterocycles. The molecule has 5 heterocycles. The van der Waals surface area contributed by atoms with Gasteiger partial charge in [-0.3, -0.25) is 0 Å². The lowest BCUT2D eigenvalue weighted by Gasteiger charge is -2.41. The van der Waals surface area contributed by atoms with Crippen molar-refractivity contribution in [3.05, 3.63) is 180 Å². The van der Waals surface area contributed by atoms with E-state index in [1.54, 1.807) is 0 Å². The van der Waals surface area contributed by atoms with Crippen LogP contribution >= 0.6 is 11.3 Å². The maximum absolute atomic E-state index is 6.97. The molecule has 0 spiro atoms. The number of anilines is 6. The molecule has 0 N–H and O–H groups in total. The lowest BCUT2D eigenvalue weighted by Crippen LogP contribution is -2.60. The minimum Gasteiger partial charge on any atom is -0.454 e. The van der Waals surface area contributed by atoms with E-state index in [0.717, 1.165) is 50.4 Å². The van der Waals surface area contributed by atoms with Crippen LogP contribution in [0.1, 0.15) is 84.6 Å². The van der Waals surface area contributed by atoms with Crippen molar-refractivity contribution < 1.29 is 4.42 Å². The fourth-order valence-electron chi connectivity index (χ4n) is 11.5. The van der Waals surface area contributed by atoms with Gasteiger partial charge in [0.05, 0.1) is 11.2 Å². The van der Waals surface area contributed by atoms with Crippen molar-refractivity contribution in [1.29, 1.82) is 0 Å². The Hall–Kier alpha value is -7.02. The SMILES string of the molecule is Cc1cc2c3c(c1)-n1c4sc5ccccc5c4c4cc(C(C)(C)C)cc(c41)B3c1ccc(N(c3ccc(C(C)(C)C)cc3)c3ccc(C(C)(C)C)cc3)cc1N2c1cccc2c1oc1ccccc12. The molecule has 13 rings (SSSR count). The molecule has 8 aromatic carbocycles. The summed E-state index contributed by atoms with van der Waals surface area (Å²) in [5, 5.41) is 6.27. The predicted molar refractivity (Wildman–Crippen MR) is 298 cm³/mol. The quantitative estimate of drug-likeness (QED) is 0.164. The van der Waals surface area contributed by atoms with Crippen molar-refractivity contribution in [2.45, 2.75) is 85.5 Å². The topological polar surface area (TPSA) is 24.6 Å². The Bertz CT molecular complexity index is 3870. The van der Waals surface area contributed by atoms with E-state index >= 15 is 0 Å². The summed E-state index contributed by atoms with van der Waals surface area (Å²) in [4.78, 5) is 6.29. The molecule has 0 aliphatic carbocycles. The normalized spacial score (nSPS) is 13.6. The highest BCUT2D eigenvalue weighted by Gasteiger charge is 2.44. The second-order valence-corrected chi connectivity index (χ2v) is 23.8. The molecule has 0 fully saturated rings. The van der Waals surface area contributed by atoms with Gasteiger partial charge in [0.1, 0.15) is 10.4 Å². The lowest BCUT2D eigenvalue weighted by molar-refractivity contribution is 0.590. The van der Waals surface area contributed by atoms with Gasteiger partial charge in [0.15, 0.2) is 5.58 Å². The number of thiophene rings is 1. The third kappa shape index (κ3) is 6.27. The van der Waals surface area contributed by atoms with Crippen LogP contribution in [0.5, 0.6) is 0 Å². The highest BCUT2D eigenvalue weighted by Crippen LogP contribution is 2.50. The number of rotatable bonds is 4. The van der Waals surface area contributed by atoms with E-state index in [1.165, 1.54) is 81.2 Å². The highest BCUT2D eigenvalue weighted by molar-refractivity contribution is 7.26. The molecule has 0 unspecified atom stereocenters. The second-order valence-electron chi connectivity index (χ2n) is 22.7. The van der Waals surface area contributed by atoms with Gasteiger partial charge in [0, 0.05) is 65.8 Å². The van der Waals surface area contributed by atoms with Crippen molar-refractivity contribution >= 4 is 122 Å². The number of hydrogen-bond acceptors (Lipinski definition) is 4. The number of aromatic nitrogens is 1. The van der Waals surface area contributed by atoms with Gasteiger partial charge >= 0.3 is 0 Å². The predicted octanol–water partition coefficient (Wildman–Crippen LogP) is 16.2. The second kappa shape index (κ2) is 14.5. The summed E-state index contributed by atoms with van der Waals surface area (Å²) in [6.07, 6.45) is 0. The summed E-state index contributed by atoms with van der Waals surface area (Å²) < 4.78 is 10.9. The number of aryl methyl sites for hydroxylation is 1. The first-order valence-corrected chi connectivity index (χ1v) is 25.4. The summed E-state index contributed by atoms with van der Waals surface area (Å²) in [5.41, 5.74) is 20.2. The minimum absolute atomic E-state index is 0.0241. The van der Waals surface area contributed by atoms with Crippen LogP contribution in [0.15, 0.2) is 162 Å². The molecular formula is C63H56BN3OS. The van der Waals surface area contributed by atoms with Crippen molar-refractivity contribution in [2.24, 2.45) is 0 Å². The van der Waals surface area contributed by atoms with Crippen LogP contribution in [0.2, 0.25) is 0 Å². The number of benzene rings is 8. The van der Waals surface area contributed by atoms with Gasteiger partial charge in [-0.1, -0.05) is 147 Å². The van der Waals surface area contributed by atoms with Crippen LogP contribution in [-0.2, 0) is 16.2 Å². The van der Waals surface area contributed by atoms with E-state index in [9.17, 15) is 0 Å². The Morgan fingerprint density at radius 2 is 1.10 bits per heavy atom. The van der Waals surface area contributed by atoms with Crippen molar-refractivity contribution in [2.75, 3.05) is 9.80 Å². The van der Waals surface area contributed by atoms with Gasteiger partial charge < -0.3 is 18.8 Å². The summed E-state index contributed by atoms with van der Waals surface area (Å²) in [5.74, 6) is 0. The molecule has 0 saturated carbocycles. The first-order valence-electron chi connectivity index (χ1n) is 24.5. The number of fused-ring (bicyclic) bond motifs is 12. The molecule has 11 aromatic rings. The zero-order valence-electron chi connectivity index (χ0n) is 41.2. The third-order valence-corrected chi connectivity index (χ3v) is 16.2. The third-order valence-electron chi connectivity index (χ3n) is 15.1. The Morgan fingerprint density at radius 1 is 0.493 bits per heavy atom. The Morgan fingerprint density at radius 3 is 1.78 bits per heavy atom. The minimum atomic E-state index is -0.0722. The van der Waals surface area contributed by atoms with Crippen LogP contribution < -0.4 is 26.2 Å². The van der Waals surface area contributed by atoms with Crippen LogP contribution in [0, 0.1) is 6.92 Å². The molecule has 0 saturated heterocycles. The maximum Gasteiger partial charge on any atom is 0.252 e. The average molecular weight is 914 g/mol. The molecule has 0 amide bonds. The summed E-state index contributed by atoms with van der Waals surface area (Å²) >= 11 is 1.92. The van der Waals surface area contributed by atoms with E-state index < -0.39 is 0 Å². The smallest absolute Gasteiger partial charge is 0.252 e. The van der Waals surface area contributed by atoms with Gasteiger partial charge in [0.25, 0.3) is 6.71 Å². The first kappa shape index (κ1) is 42.1. The Labute approximate surface area is 409 Å². The Balaban J connectivity index is 1.14. The van der Waals surface area contributed by atoms with Crippen LogP contribution in [0.4, 0.5) is 34.1 Å². The van der Waals surface area contributed by atoms with E-state index in [0.29, 0.717) is 0 Å². The van der Waals surface area contributed by atoms with Gasteiger partial charge in [-0.2, -0.15) is 0 Å². The summed E-state index contributed by atoms with van der Waals surface area (Å²) in [6.45, 7) is 23.0. The summed E-state index contributed by atoms with van der Waals surface area (Å²) in [6, 6.07) is 59.8. The number of furan rings is 1. The molecule has 2 aliphatic heterocycles. The van der Waals surface area contributed by atoms with E-state index in [2.05, 4.69) is 241 Å². The van der Waals surface area contributed by atoms with Crippen LogP contribution in [0.3, 0.4) is 0 Å².